The maximum atomic E-state index is 12.1. The van der Waals surface area contributed by atoms with Crippen molar-refractivity contribution in [3.05, 3.63) is 59.9 Å². The standard InChI is InChI=1S/C23H27N3O2/c1-3-18-10-12-19(13-11-18)28-16-15-26-21-8-5-4-7-20(21)24-23(26)22-9-6-14-25(22)17(2)27/h4-5,7-8,10-13,22H,3,6,9,14-16H2,1-2H3. The minimum absolute atomic E-state index is 0.0498. The van der Waals surface area contributed by atoms with Gasteiger partial charge in [0.1, 0.15) is 18.2 Å². The molecule has 28 heavy (non-hydrogen) atoms. The van der Waals surface area contributed by atoms with Crippen molar-refractivity contribution in [2.45, 2.75) is 45.7 Å². The molecule has 1 fully saturated rings. The molecule has 0 saturated carbocycles. The van der Waals surface area contributed by atoms with Crippen LogP contribution in [0.1, 0.15) is 44.1 Å². The van der Waals surface area contributed by atoms with Crippen LogP contribution in [0.4, 0.5) is 0 Å². The largest absolute Gasteiger partial charge is 0.492 e. The molecular formula is C23H27N3O2. The molecule has 1 amide bonds. The van der Waals surface area contributed by atoms with Crippen molar-refractivity contribution in [2.75, 3.05) is 13.2 Å². The Morgan fingerprint density at radius 2 is 1.96 bits per heavy atom. The number of amides is 1. The first kappa shape index (κ1) is 18.5. The number of hydrogen-bond donors (Lipinski definition) is 0. The highest BCUT2D eigenvalue weighted by molar-refractivity contribution is 5.77. The Morgan fingerprint density at radius 3 is 2.71 bits per heavy atom. The number of aromatic nitrogens is 2. The molecule has 1 saturated heterocycles. The number of carbonyl (C=O) groups excluding carboxylic acids is 1. The Hall–Kier alpha value is -2.82. The number of benzene rings is 2. The predicted molar refractivity (Wildman–Crippen MR) is 110 cm³/mol. The van der Waals surface area contributed by atoms with Gasteiger partial charge >= 0.3 is 0 Å². The second kappa shape index (κ2) is 8.05. The maximum Gasteiger partial charge on any atom is 0.220 e. The van der Waals surface area contributed by atoms with Gasteiger partial charge in [-0.15, -0.1) is 0 Å². The normalized spacial score (nSPS) is 16.6. The zero-order valence-corrected chi connectivity index (χ0v) is 16.6. The van der Waals surface area contributed by atoms with E-state index in [1.54, 1.807) is 6.92 Å². The lowest BCUT2D eigenvalue weighted by Crippen LogP contribution is -2.30. The summed E-state index contributed by atoms with van der Waals surface area (Å²) in [4.78, 5) is 18.9. The van der Waals surface area contributed by atoms with Gasteiger partial charge in [0.25, 0.3) is 0 Å². The molecule has 5 nitrogen and oxygen atoms in total. The fourth-order valence-corrected chi connectivity index (χ4v) is 4.07. The predicted octanol–water partition coefficient (Wildman–Crippen LogP) is 4.36. The van der Waals surface area contributed by atoms with E-state index in [4.69, 9.17) is 9.72 Å². The molecule has 3 aromatic rings. The molecule has 146 valence electrons. The lowest BCUT2D eigenvalue weighted by molar-refractivity contribution is -0.129. The zero-order chi connectivity index (χ0) is 19.5. The van der Waals surface area contributed by atoms with Gasteiger partial charge in [-0.3, -0.25) is 4.79 Å². The molecule has 1 unspecified atom stereocenters. The van der Waals surface area contributed by atoms with Crippen molar-refractivity contribution in [1.82, 2.24) is 14.5 Å². The lowest BCUT2D eigenvalue weighted by atomic mass is 10.2. The highest BCUT2D eigenvalue weighted by atomic mass is 16.5. The Labute approximate surface area is 165 Å². The number of ether oxygens (including phenoxy) is 1. The number of rotatable bonds is 6. The zero-order valence-electron chi connectivity index (χ0n) is 16.6. The van der Waals surface area contributed by atoms with Crippen LogP contribution in [-0.2, 0) is 17.8 Å². The summed E-state index contributed by atoms with van der Waals surface area (Å²) >= 11 is 0. The molecule has 1 atom stereocenters. The van der Waals surface area contributed by atoms with Gasteiger partial charge in [-0.05, 0) is 49.1 Å². The number of para-hydroxylation sites is 2. The van der Waals surface area contributed by atoms with Crippen LogP contribution in [-0.4, -0.2) is 33.5 Å². The van der Waals surface area contributed by atoms with Crippen molar-refractivity contribution < 1.29 is 9.53 Å². The second-order valence-corrected chi connectivity index (χ2v) is 7.33. The molecule has 1 aliphatic rings. The third kappa shape index (κ3) is 3.61. The molecule has 1 aromatic heterocycles. The SMILES string of the molecule is CCc1ccc(OCCn2c(C3CCCN3C(C)=O)nc3ccccc32)cc1. The summed E-state index contributed by atoms with van der Waals surface area (Å²) in [5, 5.41) is 0. The Morgan fingerprint density at radius 1 is 1.18 bits per heavy atom. The summed E-state index contributed by atoms with van der Waals surface area (Å²) in [6.07, 6.45) is 3.01. The number of carbonyl (C=O) groups is 1. The van der Waals surface area contributed by atoms with E-state index < -0.39 is 0 Å². The fourth-order valence-electron chi connectivity index (χ4n) is 4.07. The number of imidazole rings is 1. The first-order valence-electron chi connectivity index (χ1n) is 10.1. The van der Waals surface area contributed by atoms with E-state index in [1.807, 2.05) is 35.2 Å². The van der Waals surface area contributed by atoms with Gasteiger partial charge in [0.2, 0.25) is 5.91 Å². The van der Waals surface area contributed by atoms with Crippen molar-refractivity contribution in [3.8, 4) is 5.75 Å². The first-order chi connectivity index (χ1) is 13.7. The van der Waals surface area contributed by atoms with Crippen molar-refractivity contribution >= 4 is 16.9 Å². The highest BCUT2D eigenvalue weighted by Gasteiger charge is 2.32. The van der Waals surface area contributed by atoms with Crippen LogP contribution >= 0.6 is 0 Å². The summed E-state index contributed by atoms with van der Waals surface area (Å²) in [5.41, 5.74) is 3.37. The molecule has 2 heterocycles. The average molecular weight is 377 g/mol. The number of likely N-dealkylation sites (tertiary alicyclic amines) is 1. The smallest absolute Gasteiger partial charge is 0.220 e. The van der Waals surface area contributed by atoms with Crippen LogP contribution in [0.3, 0.4) is 0 Å². The van der Waals surface area contributed by atoms with Gasteiger partial charge in [-0.25, -0.2) is 4.98 Å². The van der Waals surface area contributed by atoms with Crippen molar-refractivity contribution in [1.29, 1.82) is 0 Å². The summed E-state index contributed by atoms with van der Waals surface area (Å²) in [6.45, 7) is 5.87. The molecule has 0 aliphatic carbocycles. The van der Waals surface area contributed by atoms with Crippen LogP contribution < -0.4 is 4.74 Å². The van der Waals surface area contributed by atoms with Crippen LogP contribution in [0.5, 0.6) is 5.75 Å². The number of hydrogen-bond acceptors (Lipinski definition) is 3. The van der Waals surface area contributed by atoms with E-state index >= 15 is 0 Å². The van der Waals surface area contributed by atoms with Crippen molar-refractivity contribution in [2.24, 2.45) is 0 Å². The molecule has 2 aromatic carbocycles. The molecule has 4 rings (SSSR count). The van der Waals surface area contributed by atoms with E-state index in [0.29, 0.717) is 13.2 Å². The van der Waals surface area contributed by atoms with Gasteiger partial charge in [0.05, 0.1) is 23.6 Å². The fraction of sp³-hybridized carbons (Fsp3) is 0.391. The van der Waals surface area contributed by atoms with Gasteiger partial charge in [0.15, 0.2) is 0 Å². The minimum atomic E-state index is 0.0498. The Kier molecular flexibility index (Phi) is 5.33. The first-order valence-corrected chi connectivity index (χ1v) is 10.1. The number of nitrogens with zero attached hydrogens (tertiary/aromatic N) is 3. The van der Waals surface area contributed by atoms with Gasteiger partial charge in [-0.2, -0.15) is 0 Å². The molecule has 0 N–H and O–H groups in total. The lowest BCUT2D eigenvalue weighted by Gasteiger charge is -2.24. The quantitative estimate of drug-likeness (QED) is 0.641. The van der Waals surface area contributed by atoms with E-state index in [-0.39, 0.29) is 11.9 Å². The average Bonchev–Trinajstić information content (AvgIpc) is 3.33. The van der Waals surface area contributed by atoms with Gasteiger partial charge in [0, 0.05) is 13.5 Å². The molecule has 1 aliphatic heterocycles. The summed E-state index contributed by atoms with van der Waals surface area (Å²) in [6, 6.07) is 16.5. The number of fused-ring (bicyclic) bond motifs is 1. The molecule has 0 radical (unpaired) electrons. The maximum absolute atomic E-state index is 12.1. The van der Waals surface area contributed by atoms with E-state index in [9.17, 15) is 4.79 Å². The van der Waals surface area contributed by atoms with Gasteiger partial charge in [-0.1, -0.05) is 31.2 Å². The van der Waals surface area contributed by atoms with Crippen molar-refractivity contribution in [3.63, 3.8) is 0 Å². The third-order valence-electron chi connectivity index (χ3n) is 5.55. The third-order valence-corrected chi connectivity index (χ3v) is 5.55. The topological polar surface area (TPSA) is 47.4 Å². The summed E-state index contributed by atoms with van der Waals surface area (Å²) in [7, 11) is 0. The van der Waals surface area contributed by atoms with Crippen LogP contribution in [0.15, 0.2) is 48.5 Å². The summed E-state index contributed by atoms with van der Waals surface area (Å²) < 4.78 is 8.21. The molecular weight excluding hydrogens is 350 g/mol. The van der Waals surface area contributed by atoms with E-state index in [1.165, 1.54) is 5.56 Å². The summed E-state index contributed by atoms with van der Waals surface area (Å²) in [5.74, 6) is 1.97. The number of aryl methyl sites for hydroxylation is 1. The second-order valence-electron chi connectivity index (χ2n) is 7.33. The Balaban J connectivity index is 1.57. The molecule has 0 bridgehead atoms. The molecule has 5 heteroatoms. The van der Waals surface area contributed by atoms with E-state index in [0.717, 1.165) is 48.4 Å². The van der Waals surface area contributed by atoms with Crippen LogP contribution in [0.25, 0.3) is 11.0 Å². The molecule has 0 spiro atoms. The van der Waals surface area contributed by atoms with Gasteiger partial charge < -0.3 is 14.2 Å². The van der Waals surface area contributed by atoms with Crippen LogP contribution in [0.2, 0.25) is 0 Å². The minimum Gasteiger partial charge on any atom is -0.492 e. The highest BCUT2D eigenvalue weighted by Crippen LogP contribution is 2.33. The monoisotopic (exact) mass is 377 g/mol. The van der Waals surface area contributed by atoms with E-state index in [2.05, 4.69) is 29.7 Å². The van der Waals surface area contributed by atoms with Crippen LogP contribution in [0, 0.1) is 0 Å². The Bertz CT molecular complexity index is 962.